The van der Waals surface area contributed by atoms with Gasteiger partial charge in [-0.2, -0.15) is 0 Å². The van der Waals surface area contributed by atoms with Crippen molar-refractivity contribution in [2.75, 3.05) is 13.2 Å². The highest BCUT2D eigenvalue weighted by molar-refractivity contribution is 6.03. The van der Waals surface area contributed by atoms with Crippen molar-refractivity contribution in [2.45, 2.75) is 60.3 Å². The van der Waals surface area contributed by atoms with Gasteiger partial charge < -0.3 is 23.6 Å². The van der Waals surface area contributed by atoms with Gasteiger partial charge in [0.25, 0.3) is 0 Å². The van der Waals surface area contributed by atoms with Gasteiger partial charge in [-0.1, -0.05) is 29.4 Å². The highest BCUT2D eigenvalue weighted by Gasteiger charge is 2.27. The predicted molar refractivity (Wildman–Crippen MR) is 153 cm³/mol. The van der Waals surface area contributed by atoms with Crippen LogP contribution < -0.4 is 4.74 Å². The summed E-state index contributed by atoms with van der Waals surface area (Å²) in [5.74, 6) is 0.873. The largest absolute Gasteiger partial charge is 0.486 e. The summed E-state index contributed by atoms with van der Waals surface area (Å²) in [7, 11) is 0. The van der Waals surface area contributed by atoms with Gasteiger partial charge in [0, 0.05) is 43.4 Å². The Morgan fingerprint density at radius 3 is 2.68 bits per heavy atom. The Hall–Kier alpha value is -3.93. The Labute approximate surface area is 224 Å². The van der Waals surface area contributed by atoms with Crippen LogP contribution in [0.5, 0.6) is 5.75 Å². The van der Waals surface area contributed by atoms with E-state index in [1.54, 1.807) is 6.26 Å². The van der Waals surface area contributed by atoms with Crippen molar-refractivity contribution in [2.24, 2.45) is 5.16 Å². The summed E-state index contributed by atoms with van der Waals surface area (Å²) in [6.07, 6.45) is 9.27. The van der Waals surface area contributed by atoms with Crippen molar-refractivity contribution in [1.29, 1.82) is 0 Å². The Morgan fingerprint density at radius 1 is 1.13 bits per heavy atom. The lowest BCUT2D eigenvalue weighted by molar-refractivity contribution is -0.119. The Morgan fingerprint density at radius 2 is 1.97 bits per heavy atom. The van der Waals surface area contributed by atoms with Gasteiger partial charge in [-0.15, -0.1) is 0 Å². The zero-order valence-electron chi connectivity index (χ0n) is 23.1. The van der Waals surface area contributed by atoms with Crippen LogP contribution in [0, 0.1) is 6.92 Å². The summed E-state index contributed by atoms with van der Waals surface area (Å²) >= 11 is 0. The van der Waals surface area contributed by atoms with E-state index in [4.69, 9.17) is 19.0 Å². The lowest BCUT2D eigenvalue weighted by Gasteiger charge is -2.18. The molecule has 0 unspecified atom stereocenters. The molecule has 3 aromatic rings. The molecule has 0 spiro atoms. The molecule has 0 saturated heterocycles. The van der Waals surface area contributed by atoms with Crippen LogP contribution in [-0.2, 0) is 27.3 Å². The average molecular weight is 513 g/mol. The van der Waals surface area contributed by atoms with Gasteiger partial charge in [-0.05, 0) is 85.9 Å². The molecule has 198 valence electrons. The van der Waals surface area contributed by atoms with E-state index in [0.717, 1.165) is 35.6 Å². The van der Waals surface area contributed by atoms with Crippen molar-refractivity contribution in [3.8, 4) is 5.75 Å². The fraction of sp³-hybridized carbons (Fsp3) is 0.344. The third kappa shape index (κ3) is 5.21. The molecule has 6 heteroatoms. The quantitative estimate of drug-likeness (QED) is 0.233. The van der Waals surface area contributed by atoms with Crippen LogP contribution in [0.4, 0.5) is 0 Å². The molecule has 1 aromatic heterocycles. The maximum Gasteiger partial charge on any atom is 0.244 e. The van der Waals surface area contributed by atoms with E-state index < -0.39 is 5.79 Å². The number of rotatable bonds is 8. The first-order chi connectivity index (χ1) is 18.3. The fourth-order valence-corrected chi connectivity index (χ4v) is 5.04. The molecular weight excluding hydrogens is 476 g/mol. The van der Waals surface area contributed by atoms with Crippen molar-refractivity contribution in [3.05, 3.63) is 88.0 Å². The molecular formula is C32H36N2O4. The van der Waals surface area contributed by atoms with Crippen LogP contribution in [0.1, 0.15) is 62.6 Å². The summed E-state index contributed by atoms with van der Waals surface area (Å²) in [5, 5.41) is 5.52. The molecule has 0 amide bonds. The van der Waals surface area contributed by atoms with E-state index in [0.29, 0.717) is 19.0 Å². The Kier molecular flexibility index (Phi) is 7.06. The Bertz CT molecular complexity index is 1490. The van der Waals surface area contributed by atoms with E-state index in [9.17, 15) is 0 Å². The molecule has 0 radical (unpaired) electrons. The van der Waals surface area contributed by atoms with Gasteiger partial charge in [0.2, 0.25) is 5.79 Å². The minimum Gasteiger partial charge on any atom is -0.486 e. The molecule has 1 aliphatic carbocycles. The Balaban J connectivity index is 1.38. The smallest absolute Gasteiger partial charge is 0.244 e. The number of hydrogen-bond donors (Lipinski definition) is 0. The molecule has 2 heterocycles. The molecule has 0 atom stereocenters. The average Bonchev–Trinajstić information content (AvgIpc) is 3.42. The summed E-state index contributed by atoms with van der Waals surface area (Å²) in [6.45, 7) is 13.8. The predicted octanol–water partition coefficient (Wildman–Crippen LogP) is 7.39. The minimum absolute atomic E-state index is 0.340. The monoisotopic (exact) mass is 512 g/mol. The van der Waals surface area contributed by atoms with E-state index in [1.165, 1.54) is 33.3 Å². The normalized spacial score (nSPS) is 17.3. The molecule has 2 aliphatic rings. The number of allylic oxidation sites excluding steroid dienone is 2. The summed E-state index contributed by atoms with van der Waals surface area (Å²) in [5.41, 5.74) is 9.49. The molecule has 0 saturated carbocycles. The second kappa shape index (κ2) is 10.4. The van der Waals surface area contributed by atoms with E-state index in [1.807, 2.05) is 33.8 Å². The molecule has 38 heavy (non-hydrogen) atoms. The number of fused-ring (bicyclic) bond motifs is 3. The molecule has 0 bridgehead atoms. The maximum atomic E-state index is 5.94. The first kappa shape index (κ1) is 25.7. The highest BCUT2D eigenvalue weighted by Crippen LogP contribution is 2.35. The number of benzene rings is 2. The maximum absolute atomic E-state index is 5.94. The first-order valence-electron chi connectivity index (χ1n) is 13.3. The van der Waals surface area contributed by atoms with Gasteiger partial charge in [0.05, 0.1) is 5.71 Å². The third-order valence-electron chi connectivity index (χ3n) is 6.93. The molecule has 0 fully saturated rings. The molecule has 5 rings (SSSR count). The highest BCUT2D eigenvalue weighted by atomic mass is 16.7. The standard InChI is InChI=1S/C32H36N2O4/c1-7-34-30-13-9-23(17-28(30)29-18-25(11-14-31(29)34)22(4)33-37-8-2)16-24-10-12-26(15-21(24)3)35-19-27-20-36-32(5,6)38-27/h9-16,18,20H,7-8,17,19H2,1-6H3. The van der Waals surface area contributed by atoms with Gasteiger partial charge in [0.1, 0.15) is 25.2 Å². The van der Waals surface area contributed by atoms with Crippen molar-refractivity contribution >= 4 is 28.8 Å². The van der Waals surface area contributed by atoms with Crippen molar-refractivity contribution in [3.63, 3.8) is 0 Å². The molecule has 1 aliphatic heterocycles. The number of oxime groups is 1. The van der Waals surface area contributed by atoms with Gasteiger partial charge >= 0.3 is 0 Å². The van der Waals surface area contributed by atoms with Crippen LogP contribution in [-0.4, -0.2) is 29.3 Å². The van der Waals surface area contributed by atoms with Gasteiger partial charge in [0.15, 0.2) is 5.76 Å². The van der Waals surface area contributed by atoms with Gasteiger partial charge in [-0.3, -0.25) is 0 Å². The lowest BCUT2D eigenvalue weighted by atomic mass is 9.93. The van der Waals surface area contributed by atoms with Crippen LogP contribution in [0.3, 0.4) is 0 Å². The summed E-state index contributed by atoms with van der Waals surface area (Å²) in [4.78, 5) is 5.29. The second-order valence-electron chi connectivity index (χ2n) is 10.2. The van der Waals surface area contributed by atoms with Crippen LogP contribution in [0.15, 0.2) is 65.2 Å². The molecule has 0 N–H and O–H groups in total. The number of aryl methyl sites for hydroxylation is 2. The minimum atomic E-state index is -0.626. The van der Waals surface area contributed by atoms with Gasteiger partial charge in [-0.25, -0.2) is 0 Å². The zero-order chi connectivity index (χ0) is 26.9. The number of ether oxygens (including phenoxy) is 3. The fourth-order valence-electron chi connectivity index (χ4n) is 5.04. The first-order valence-corrected chi connectivity index (χ1v) is 13.3. The van der Waals surface area contributed by atoms with Crippen molar-refractivity contribution < 1.29 is 19.0 Å². The molecule has 6 nitrogen and oxygen atoms in total. The number of aromatic nitrogens is 1. The summed E-state index contributed by atoms with van der Waals surface area (Å²) < 4.78 is 19.5. The van der Waals surface area contributed by atoms with Crippen molar-refractivity contribution in [1.82, 2.24) is 4.57 Å². The van der Waals surface area contributed by atoms with E-state index >= 15 is 0 Å². The topological polar surface area (TPSA) is 54.2 Å². The zero-order valence-corrected chi connectivity index (χ0v) is 23.1. The number of nitrogens with zero attached hydrogens (tertiary/aromatic N) is 2. The van der Waals surface area contributed by atoms with E-state index in [2.05, 4.69) is 72.1 Å². The van der Waals surface area contributed by atoms with E-state index in [-0.39, 0.29) is 0 Å². The third-order valence-corrected chi connectivity index (χ3v) is 6.93. The summed E-state index contributed by atoms with van der Waals surface area (Å²) in [6, 6.07) is 12.8. The molecule has 2 aromatic carbocycles. The lowest BCUT2D eigenvalue weighted by Crippen LogP contribution is -2.21. The van der Waals surface area contributed by atoms with Crippen LogP contribution >= 0.6 is 0 Å². The van der Waals surface area contributed by atoms with Crippen LogP contribution in [0.2, 0.25) is 0 Å². The number of hydrogen-bond acceptors (Lipinski definition) is 5. The van der Waals surface area contributed by atoms with Crippen LogP contribution in [0.25, 0.3) is 23.1 Å². The SMILES string of the molecule is CCON=C(C)c1ccc2c(c1)c1c(n2CC)C=CC(=Cc2ccc(OCC3=COC(C)(C)O3)cc2C)C1. The second-order valence-corrected chi connectivity index (χ2v) is 10.2.